The zero-order valence-electron chi connectivity index (χ0n) is 14.1. The summed E-state index contributed by atoms with van der Waals surface area (Å²) in [4.78, 5) is 12.7. The van der Waals surface area contributed by atoms with E-state index in [9.17, 15) is 13.2 Å². The molecule has 2 aromatic carbocycles. The van der Waals surface area contributed by atoms with Crippen LogP contribution in [0.25, 0.3) is 0 Å². The molecule has 6 heteroatoms. The first-order valence-corrected chi connectivity index (χ1v) is 9.86. The molecule has 1 atom stereocenters. The number of hydrogen-bond donors (Lipinski definition) is 2. The lowest BCUT2D eigenvalue weighted by molar-refractivity contribution is -0.122. The van der Waals surface area contributed by atoms with Gasteiger partial charge in [0.2, 0.25) is 15.9 Å². The first kappa shape index (κ1) is 17.6. The van der Waals surface area contributed by atoms with Crippen molar-refractivity contribution in [3.8, 4) is 0 Å². The van der Waals surface area contributed by atoms with Crippen LogP contribution in [0.3, 0.4) is 0 Å². The Hall–Kier alpha value is -2.18. The van der Waals surface area contributed by atoms with Crippen molar-refractivity contribution in [2.75, 3.05) is 0 Å². The Bertz CT molecular complexity index is 829. The zero-order chi connectivity index (χ0) is 17.9. The third-order valence-electron chi connectivity index (χ3n) is 4.15. The van der Waals surface area contributed by atoms with E-state index in [0.29, 0.717) is 6.42 Å². The van der Waals surface area contributed by atoms with Gasteiger partial charge in [-0.1, -0.05) is 48.0 Å². The predicted octanol–water partition coefficient (Wildman–Crippen LogP) is 2.16. The molecule has 1 saturated carbocycles. The van der Waals surface area contributed by atoms with Crippen LogP contribution < -0.4 is 10.0 Å². The van der Waals surface area contributed by atoms with Crippen molar-refractivity contribution in [1.82, 2.24) is 10.0 Å². The summed E-state index contributed by atoms with van der Waals surface area (Å²) >= 11 is 0. The molecular formula is C19H22N2O3S. The molecule has 1 amide bonds. The van der Waals surface area contributed by atoms with E-state index in [1.165, 1.54) is 0 Å². The SMILES string of the molecule is Cc1ccc(S(=O)(=O)N[C@H](Cc2ccccc2)C(=O)NC2CC2)cc1. The van der Waals surface area contributed by atoms with Gasteiger partial charge in [-0.3, -0.25) is 4.79 Å². The van der Waals surface area contributed by atoms with Crippen LogP contribution in [0, 0.1) is 6.92 Å². The van der Waals surface area contributed by atoms with E-state index in [1.807, 2.05) is 37.3 Å². The molecule has 0 bridgehead atoms. The van der Waals surface area contributed by atoms with E-state index in [1.54, 1.807) is 24.3 Å². The number of aryl methyl sites for hydroxylation is 1. The summed E-state index contributed by atoms with van der Waals surface area (Å²) in [6.07, 6.45) is 2.22. The number of sulfonamides is 1. The van der Waals surface area contributed by atoms with Crippen molar-refractivity contribution < 1.29 is 13.2 Å². The molecule has 0 aliphatic heterocycles. The van der Waals surface area contributed by atoms with Gasteiger partial charge in [0.25, 0.3) is 0 Å². The van der Waals surface area contributed by atoms with E-state index >= 15 is 0 Å². The van der Waals surface area contributed by atoms with Gasteiger partial charge in [-0.25, -0.2) is 8.42 Å². The van der Waals surface area contributed by atoms with Crippen LogP contribution in [0.5, 0.6) is 0 Å². The van der Waals surface area contributed by atoms with Gasteiger partial charge in [-0.2, -0.15) is 4.72 Å². The van der Waals surface area contributed by atoms with E-state index in [4.69, 9.17) is 0 Å². The Kier molecular flexibility index (Phi) is 5.20. The molecule has 2 aromatic rings. The molecule has 3 rings (SSSR count). The Labute approximate surface area is 148 Å². The van der Waals surface area contributed by atoms with E-state index < -0.39 is 16.1 Å². The van der Waals surface area contributed by atoms with Crippen LogP contribution >= 0.6 is 0 Å². The van der Waals surface area contributed by atoms with Gasteiger partial charge in [0.05, 0.1) is 4.90 Å². The third-order valence-corrected chi connectivity index (χ3v) is 5.64. The second-order valence-electron chi connectivity index (χ2n) is 6.46. The summed E-state index contributed by atoms with van der Waals surface area (Å²) in [5.41, 5.74) is 1.89. The maximum atomic E-state index is 12.7. The second kappa shape index (κ2) is 7.37. The highest BCUT2D eigenvalue weighted by Gasteiger charge is 2.30. The van der Waals surface area contributed by atoms with E-state index in [0.717, 1.165) is 24.0 Å². The molecule has 0 radical (unpaired) electrons. The molecule has 132 valence electrons. The van der Waals surface area contributed by atoms with Gasteiger partial charge < -0.3 is 5.32 Å². The van der Waals surface area contributed by atoms with Gasteiger partial charge in [-0.15, -0.1) is 0 Å². The molecule has 0 saturated heterocycles. The fourth-order valence-electron chi connectivity index (χ4n) is 2.54. The summed E-state index contributed by atoms with van der Waals surface area (Å²) < 4.78 is 27.9. The Morgan fingerprint density at radius 2 is 1.72 bits per heavy atom. The third kappa shape index (κ3) is 4.90. The van der Waals surface area contributed by atoms with Crippen molar-refractivity contribution in [3.63, 3.8) is 0 Å². The van der Waals surface area contributed by atoms with E-state index in [2.05, 4.69) is 10.0 Å². The number of amides is 1. The average molecular weight is 358 g/mol. The number of benzene rings is 2. The fraction of sp³-hybridized carbons (Fsp3) is 0.316. The summed E-state index contributed by atoms with van der Waals surface area (Å²) in [5, 5.41) is 2.89. The maximum Gasteiger partial charge on any atom is 0.241 e. The quantitative estimate of drug-likeness (QED) is 0.796. The summed E-state index contributed by atoms with van der Waals surface area (Å²) in [5.74, 6) is -0.276. The minimum Gasteiger partial charge on any atom is -0.352 e. The van der Waals surface area contributed by atoms with Crippen molar-refractivity contribution in [3.05, 3.63) is 65.7 Å². The molecule has 0 heterocycles. The fourth-order valence-corrected chi connectivity index (χ4v) is 3.74. The van der Waals surface area contributed by atoms with Gasteiger partial charge in [-0.05, 0) is 43.9 Å². The Balaban J connectivity index is 1.80. The smallest absolute Gasteiger partial charge is 0.241 e. The number of rotatable bonds is 7. The molecule has 1 aliphatic rings. The molecule has 0 unspecified atom stereocenters. The van der Waals surface area contributed by atoms with E-state index in [-0.39, 0.29) is 16.8 Å². The van der Waals surface area contributed by atoms with Gasteiger partial charge >= 0.3 is 0 Å². The lowest BCUT2D eigenvalue weighted by Crippen LogP contribution is -2.48. The molecule has 5 nitrogen and oxygen atoms in total. The first-order valence-electron chi connectivity index (χ1n) is 8.37. The lowest BCUT2D eigenvalue weighted by atomic mass is 10.1. The largest absolute Gasteiger partial charge is 0.352 e. The summed E-state index contributed by atoms with van der Waals surface area (Å²) in [6, 6.07) is 15.3. The van der Waals surface area contributed by atoms with Crippen molar-refractivity contribution >= 4 is 15.9 Å². The maximum absolute atomic E-state index is 12.7. The standard InChI is InChI=1S/C19H22N2O3S/c1-14-7-11-17(12-8-14)25(23,24)21-18(19(22)20-16-9-10-16)13-15-5-3-2-4-6-15/h2-8,11-12,16,18,21H,9-10,13H2,1H3,(H,20,22)/t18-/m1/s1. The highest BCUT2D eigenvalue weighted by Crippen LogP contribution is 2.19. The number of hydrogen-bond acceptors (Lipinski definition) is 3. The van der Waals surface area contributed by atoms with Crippen molar-refractivity contribution in [1.29, 1.82) is 0 Å². The Morgan fingerprint density at radius 1 is 1.08 bits per heavy atom. The molecule has 25 heavy (non-hydrogen) atoms. The van der Waals surface area contributed by atoms with Gasteiger partial charge in [0.15, 0.2) is 0 Å². The van der Waals surface area contributed by atoms with Crippen molar-refractivity contribution in [2.45, 2.75) is 43.2 Å². The van der Waals surface area contributed by atoms with Crippen LogP contribution in [-0.2, 0) is 21.2 Å². The number of nitrogens with one attached hydrogen (secondary N) is 2. The molecule has 1 fully saturated rings. The van der Waals surface area contributed by atoms with Gasteiger partial charge in [0, 0.05) is 6.04 Å². The summed E-state index contributed by atoms with van der Waals surface area (Å²) in [7, 11) is -3.77. The molecule has 0 aromatic heterocycles. The molecule has 2 N–H and O–H groups in total. The number of carbonyl (C=O) groups is 1. The molecular weight excluding hydrogens is 336 g/mol. The van der Waals surface area contributed by atoms with Crippen LogP contribution in [0.15, 0.2) is 59.5 Å². The highest BCUT2D eigenvalue weighted by molar-refractivity contribution is 7.89. The lowest BCUT2D eigenvalue weighted by Gasteiger charge is -2.19. The topological polar surface area (TPSA) is 75.3 Å². The molecule has 0 spiro atoms. The monoisotopic (exact) mass is 358 g/mol. The minimum atomic E-state index is -3.77. The first-order chi connectivity index (χ1) is 11.9. The normalized spacial score (nSPS) is 15.6. The summed E-state index contributed by atoms with van der Waals surface area (Å²) in [6.45, 7) is 1.89. The average Bonchev–Trinajstić information content (AvgIpc) is 3.39. The minimum absolute atomic E-state index is 0.162. The Morgan fingerprint density at radius 3 is 2.32 bits per heavy atom. The van der Waals surface area contributed by atoms with Crippen LogP contribution in [0.4, 0.5) is 0 Å². The second-order valence-corrected chi connectivity index (χ2v) is 8.17. The van der Waals surface area contributed by atoms with Crippen LogP contribution in [0.2, 0.25) is 0 Å². The van der Waals surface area contributed by atoms with Gasteiger partial charge in [0.1, 0.15) is 6.04 Å². The van der Waals surface area contributed by atoms with Crippen LogP contribution in [0.1, 0.15) is 24.0 Å². The molecule has 1 aliphatic carbocycles. The van der Waals surface area contributed by atoms with Crippen LogP contribution in [-0.4, -0.2) is 26.4 Å². The number of carbonyl (C=O) groups excluding carboxylic acids is 1. The highest BCUT2D eigenvalue weighted by atomic mass is 32.2. The zero-order valence-corrected chi connectivity index (χ0v) is 14.9. The predicted molar refractivity (Wildman–Crippen MR) is 96.6 cm³/mol. The van der Waals surface area contributed by atoms with Crippen molar-refractivity contribution in [2.24, 2.45) is 0 Å².